The molecule has 3 nitrogen and oxygen atoms in total. The van der Waals surface area contributed by atoms with Gasteiger partial charge in [0.15, 0.2) is 11.6 Å². The minimum atomic E-state index is -0.330. The summed E-state index contributed by atoms with van der Waals surface area (Å²) in [5.74, 6) is -0.0575. The van der Waals surface area contributed by atoms with Gasteiger partial charge in [-0.3, -0.25) is 0 Å². The molecule has 1 N–H and O–H groups in total. The molecule has 0 bridgehead atoms. The Morgan fingerprint density at radius 1 is 1.41 bits per heavy atom. The van der Waals surface area contributed by atoms with Gasteiger partial charge in [-0.1, -0.05) is 13.0 Å². The van der Waals surface area contributed by atoms with Gasteiger partial charge in [-0.2, -0.15) is 0 Å². The molecule has 0 radical (unpaired) electrons. The van der Waals surface area contributed by atoms with Crippen molar-refractivity contribution in [2.45, 2.75) is 26.5 Å². The summed E-state index contributed by atoms with van der Waals surface area (Å²) in [4.78, 5) is 0. The van der Waals surface area contributed by atoms with Crippen molar-refractivity contribution in [3.63, 3.8) is 0 Å². The lowest BCUT2D eigenvalue weighted by Gasteiger charge is -2.12. The van der Waals surface area contributed by atoms with E-state index in [0.717, 1.165) is 12.1 Å². The highest BCUT2D eigenvalue weighted by Gasteiger charge is 2.07. The largest absolute Gasteiger partial charge is 0.488 e. The molecule has 0 heterocycles. The first kappa shape index (κ1) is 13.9. The van der Waals surface area contributed by atoms with E-state index in [-0.39, 0.29) is 17.7 Å². The average molecular weight is 241 g/mol. The first-order chi connectivity index (χ1) is 8.17. The molecule has 0 saturated heterocycles. The molecule has 0 spiro atoms. The molecule has 1 rings (SSSR count). The minimum Gasteiger partial charge on any atom is -0.488 e. The third kappa shape index (κ3) is 4.71. The summed E-state index contributed by atoms with van der Waals surface area (Å²) in [6, 6.07) is 5.01. The molecule has 17 heavy (non-hydrogen) atoms. The van der Waals surface area contributed by atoms with Gasteiger partial charge in [0.25, 0.3) is 0 Å². The van der Waals surface area contributed by atoms with Crippen LogP contribution in [-0.4, -0.2) is 26.4 Å². The predicted octanol–water partition coefficient (Wildman–Crippen LogP) is 2.35. The Morgan fingerprint density at radius 2 is 2.18 bits per heavy atom. The van der Waals surface area contributed by atoms with Crippen molar-refractivity contribution in [1.82, 2.24) is 5.32 Å². The smallest absolute Gasteiger partial charge is 0.165 e. The van der Waals surface area contributed by atoms with Crippen molar-refractivity contribution in [3.8, 4) is 5.75 Å². The Balaban J connectivity index is 2.56. The Bertz CT molecular complexity index is 344. The van der Waals surface area contributed by atoms with E-state index in [9.17, 15) is 4.39 Å². The molecule has 96 valence electrons. The zero-order valence-electron chi connectivity index (χ0n) is 10.6. The Morgan fingerprint density at radius 3 is 2.76 bits per heavy atom. The summed E-state index contributed by atoms with van der Waals surface area (Å²) in [5.41, 5.74) is 0.913. The number of benzene rings is 1. The molecule has 1 unspecified atom stereocenters. The van der Waals surface area contributed by atoms with E-state index in [0.29, 0.717) is 13.2 Å². The van der Waals surface area contributed by atoms with Gasteiger partial charge in [0.05, 0.1) is 6.10 Å². The van der Waals surface area contributed by atoms with Crippen LogP contribution in [0, 0.1) is 5.82 Å². The third-order valence-electron chi connectivity index (χ3n) is 2.45. The fourth-order valence-electron chi connectivity index (χ4n) is 1.32. The van der Waals surface area contributed by atoms with Gasteiger partial charge in [0, 0.05) is 13.7 Å². The lowest BCUT2D eigenvalue weighted by molar-refractivity contribution is 0.0702. The minimum absolute atomic E-state index is 0.0455. The van der Waals surface area contributed by atoms with Gasteiger partial charge >= 0.3 is 0 Å². The molecule has 0 aromatic heterocycles. The van der Waals surface area contributed by atoms with E-state index >= 15 is 0 Å². The van der Waals surface area contributed by atoms with Gasteiger partial charge in [0.1, 0.15) is 6.61 Å². The van der Waals surface area contributed by atoms with Crippen LogP contribution in [-0.2, 0) is 11.3 Å². The Hall–Kier alpha value is -1.13. The molecular formula is C13H20FNO2. The number of nitrogens with one attached hydrogen (secondary N) is 1. The van der Waals surface area contributed by atoms with Crippen LogP contribution in [0.15, 0.2) is 18.2 Å². The second-order valence-electron chi connectivity index (χ2n) is 3.90. The van der Waals surface area contributed by atoms with Crippen LogP contribution in [0.25, 0.3) is 0 Å². The number of hydrogen-bond donors (Lipinski definition) is 1. The van der Waals surface area contributed by atoms with E-state index < -0.39 is 0 Å². The van der Waals surface area contributed by atoms with Gasteiger partial charge in [-0.05, 0) is 31.2 Å². The number of rotatable bonds is 7. The van der Waals surface area contributed by atoms with Crippen LogP contribution in [0.1, 0.15) is 19.4 Å². The molecular weight excluding hydrogens is 221 g/mol. The second kappa shape index (κ2) is 7.25. The molecule has 1 atom stereocenters. The van der Waals surface area contributed by atoms with E-state index in [2.05, 4.69) is 5.32 Å². The lowest BCUT2D eigenvalue weighted by Crippen LogP contribution is -2.16. The second-order valence-corrected chi connectivity index (χ2v) is 3.90. The van der Waals surface area contributed by atoms with Crippen molar-refractivity contribution in [3.05, 3.63) is 29.6 Å². The summed E-state index contributed by atoms with van der Waals surface area (Å²) in [7, 11) is 1.60. The lowest BCUT2D eigenvalue weighted by atomic mass is 10.2. The third-order valence-corrected chi connectivity index (χ3v) is 2.45. The number of ether oxygens (including phenoxy) is 2. The summed E-state index contributed by atoms with van der Waals surface area (Å²) >= 11 is 0. The van der Waals surface area contributed by atoms with Crippen molar-refractivity contribution >= 4 is 0 Å². The molecule has 0 saturated carbocycles. The van der Waals surface area contributed by atoms with E-state index in [1.807, 2.05) is 19.9 Å². The molecule has 0 amide bonds. The summed E-state index contributed by atoms with van der Waals surface area (Å²) in [5, 5.41) is 3.14. The van der Waals surface area contributed by atoms with Crippen molar-refractivity contribution in [2.75, 3.05) is 20.3 Å². The topological polar surface area (TPSA) is 30.5 Å². The summed E-state index contributed by atoms with van der Waals surface area (Å²) in [6.07, 6.45) is -0.0455. The van der Waals surface area contributed by atoms with Crippen molar-refractivity contribution in [1.29, 1.82) is 0 Å². The number of halogens is 1. The predicted molar refractivity (Wildman–Crippen MR) is 65.7 cm³/mol. The Kier molecular flexibility index (Phi) is 5.94. The monoisotopic (exact) mass is 241 g/mol. The highest BCUT2D eigenvalue weighted by atomic mass is 19.1. The highest BCUT2D eigenvalue weighted by molar-refractivity contribution is 5.29. The molecule has 0 aliphatic carbocycles. The van der Waals surface area contributed by atoms with Crippen LogP contribution in [0.4, 0.5) is 4.39 Å². The van der Waals surface area contributed by atoms with Crippen LogP contribution in [0.5, 0.6) is 5.75 Å². The van der Waals surface area contributed by atoms with Crippen LogP contribution < -0.4 is 10.1 Å². The molecule has 0 aliphatic heterocycles. The van der Waals surface area contributed by atoms with E-state index in [1.165, 1.54) is 6.07 Å². The highest BCUT2D eigenvalue weighted by Crippen LogP contribution is 2.18. The van der Waals surface area contributed by atoms with Crippen molar-refractivity contribution < 1.29 is 13.9 Å². The molecule has 4 heteroatoms. The van der Waals surface area contributed by atoms with Crippen molar-refractivity contribution in [2.24, 2.45) is 0 Å². The normalized spacial score (nSPS) is 12.5. The van der Waals surface area contributed by atoms with Gasteiger partial charge < -0.3 is 14.8 Å². The van der Waals surface area contributed by atoms with Gasteiger partial charge in [-0.25, -0.2) is 4.39 Å². The van der Waals surface area contributed by atoms with Crippen LogP contribution in [0.3, 0.4) is 0 Å². The average Bonchev–Trinajstić information content (AvgIpc) is 2.34. The first-order valence-electron chi connectivity index (χ1n) is 5.82. The number of methoxy groups -OCH3 is 1. The number of hydrogen-bond acceptors (Lipinski definition) is 3. The molecule has 0 fully saturated rings. The molecule has 0 aliphatic rings. The van der Waals surface area contributed by atoms with Gasteiger partial charge in [-0.15, -0.1) is 0 Å². The maximum atomic E-state index is 13.6. The van der Waals surface area contributed by atoms with Gasteiger partial charge in [0.2, 0.25) is 0 Å². The maximum absolute atomic E-state index is 13.6. The quantitative estimate of drug-likeness (QED) is 0.795. The zero-order valence-corrected chi connectivity index (χ0v) is 10.6. The summed E-state index contributed by atoms with van der Waals surface area (Å²) in [6.45, 7) is 5.77. The van der Waals surface area contributed by atoms with E-state index in [1.54, 1.807) is 13.2 Å². The fourth-order valence-corrected chi connectivity index (χ4v) is 1.32. The van der Waals surface area contributed by atoms with Crippen LogP contribution in [0.2, 0.25) is 0 Å². The maximum Gasteiger partial charge on any atom is 0.165 e. The standard InChI is InChI=1S/C13H20FNO2/c1-4-15-8-11-5-6-13(12(14)7-11)17-9-10(2)16-3/h5-7,10,15H,4,8-9H2,1-3H3. The van der Waals surface area contributed by atoms with Crippen LogP contribution >= 0.6 is 0 Å². The Labute approximate surface area is 102 Å². The zero-order chi connectivity index (χ0) is 12.7. The first-order valence-corrected chi connectivity index (χ1v) is 5.82. The fraction of sp³-hybridized carbons (Fsp3) is 0.538. The SMILES string of the molecule is CCNCc1ccc(OCC(C)OC)c(F)c1. The van der Waals surface area contributed by atoms with E-state index in [4.69, 9.17) is 9.47 Å². The molecule has 1 aromatic carbocycles. The molecule has 1 aromatic rings. The summed E-state index contributed by atoms with van der Waals surface area (Å²) < 4.78 is 24.0.